The molecule has 21 heavy (non-hydrogen) atoms. The third-order valence-electron chi connectivity index (χ3n) is 3.66. The number of thiophene rings is 1. The molecule has 0 bridgehead atoms. The molecule has 0 aliphatic heterocycles. The van der Waals surface area contributed by atoms with Crippen LogP contribution in [-0.4, -0.2) is 11.5 Å². The van der Waals surface area contributed by atoms with Crippen LogP contribution >= 0.6 is 11.3 Å². The largest absolute Gasteiger partial charge is 0.417 e. The Labute approximate surface area is 126 Å². The van der Waals surface area contributed by atoms with Crippen LogP contribution in [0.15, 0.2) is 33.5 Å². The summed E-state index contributed by atoms with van der Waals surface area (Å²) in [7, 11) is 0. The number of oxazole rings is 1. The SMILES string of the molecule is CCNC(c1ccc2[nH]c(=O)oc2c1)c1cc(C)c(C)s1. The van der Waals surface area contributed by atoms with E-state index in [0.717, 1.165) is 17.6 Å². The molecule has 0 aliphatic rings. The number of aromatic nitrogens is 1. The molecular formula is C16H18N2O2S. The smallest absolute Gasteiger partial charge is 0.408 e. The van der Waals surface area contributed by atoms with Gasteiger partial charge in [-0.3, -0.25) is 4.98 Å². The highest BCUT2D eigenvalue weighted by molar-refractivity contribution is 7.12. The van der Waals surface area contributed by atoms with Crippen molar-refractivity contribution in [2.45, 2.75) is 26.8 Å². The van der Waals surface area contributed by atoms with E-state index in [9.17, 15) is 4.79 Å². The normalized spacial score (nSPS) is 12.9. The van der Waals surface area contributed by atoms with Crippen molar-refractivity contribution in [1.29, 1.82) is 0 Å². The minimum absolute atomic E-state index is 0.122. The maximum Gasteiger partial charge on any atom is 0.417 e. The van der Waals surface area contributed by atoms with Crippen LogP contribution in [0, 0.1) is 13.8 Å². The second kappa shape index (κ2) is 5.50. The number of hydrogen-bond acceptors (Lipinski definition) is 4. The van der Waals surface area contributed by atoms with Crippen molar-refractivity contribution in [3.05, 3.63) is 55.7 Å². The highest BCUT2D eigenvalue weighted by Crippen LogP contribution is 2.31. The first-order valence-electron chi connectivity index (χ1n) is 7.01. The van der Waals surface area contributed by atoms with Crippen LogP contribution in [0.2, 0.25) is 0 Å². The first kappa shape index (κ1) is 14.1. The Hall–Kier alpha value is -1.85. The lowest BCUT2D eigenvalue weighted by Gasteiger charge is -2.16. The van der Waals surface area contributed by atoms with E-state index < -0.39 is 5.76 Å². The zero-order chi connectivity index (χ0) is 15.0. The van der Waals surface area contributed by atoms with Gasteiger partial charge in [-0.05, 0) is 49.7 Å². The van der Waals surface area contributed by atoms with E-state index in [4.69, 9.17) is 4.42 Å². The van der Waals surface area contributed by atoms with E-state index >= 15 is 0 Å². The van der Waals surface area contributed by atoms with Gasteiger partial charge in [0.05, 0.1) is 11.6 Å². The second-order valence-electron chi connectivity index (χ2n) is 5.15. The summed E-state index contributed by atoms with van der Waals surface area (Å²) in [5.74, 6) is -0.412. The molecule has 0 spiro atoms. The summed E-state index contributed by atoms with van der Waals surface area (Å²) in [6.45, 7) is 7.23. The first-order chi connectivity index (χ1) is 10.1. The zero-order valence-electron chi connectivity index (χ0n) is 12.3. The van der Waals surface area contributed by atoms with Gasteiger partial charge in [0, 0.05) is 9.75 Å². The lowest BCUT2D eigenvalue weighted by Crippen LogP contribution is -2.21. The van der Waals surface area contributed by atoms with Crippen LogP contribution in [0.1, 0.15) is 33.8 Å². The molecule has 110 valence electrons. The van der Waals surface area contributed by atoms with Crippen molar-refractivity contribution in [2.75, 3.05) is 6.54 Å². The van der Waals surface area contributed by atoms with Crippen LogP contribution in [0.25, 0.3) is 11.1 Å². The standard InChI is InChI=1S/C16H18N2O2S/c1-4-17-15(14-7-9(2)10(3)21-14)11-5-6-12-13(8-11)20-16(19)18-12/h5-8,15,17H,4H2,1-3H3,(H,18,19). The number of aromatic amines is 1. The minimum atomic E-state index is -0.412. The van der Waals surface area contributed by atoms with Crippen molar-refractivity contribution in [3.63, 3.8) is 0 Å². The van der Waals surface area contributed by atoms with Crippen LogP contribution < -0.4 is 11.1 Å². The predicted octanol–water partition coefficient (Wildman–Crippen LogP) is 3.50. The third-order valence-corrected chi connectivity index (χ3v) is 4.87. The summed E-state index contributed by atoms with van der Waals surface area (Å²) in [6.07, 6.45) is 0. The molecule has 1 aromatic carbocycles. The Bertz CT molecular complexity index is 809. The summed E-state index contributed by atoms with van der Waals surface area (Å²) < 4.78 is 5.17. The summed E-state index contributed by atoms with van der Waals surface area (Å²) in [4.78, 5) is 16.6. The molecule has 5 heteroatoms. The van der Waals surface area contributed by atoms with E-state index in [0.29, 0.717) is 5.58 Å². The number of fused-ring (bicyclic) bond motifs is 1. The van der Waals surface area contributed by atoms with E-state index in [1.807, 2.05) is 18.2 Å². The maximum absolute atomic E-state index is 11.3. The number of hydrogen-bond donors (Lipinski definition) is 2. The van der Waals surface area contributed by atoms with Crippen LogP contribution in [0.3, 0.4) is 0 Å². The molecule has 0 aliphatic carbocycles. The minimum Gasteiger partial charge on any atom is -0.408 e. The average Bonchev–Trinajstić information content (AvgIpc) is 2.97. The van der Waals surface area contributed by atoms with Crippen molar-refractivity contribution in [2.24, 2.45) is 0 Å². The van der Waals surface area contributed by atoms with Gasteiger partial charge in [-0.2, -0.15) is 0 Å². The van der Waals surface area contributed by atoms with E-state index in [-0.39, 0.29) is 6.04 Å². The fourth-order valence-corrected chi connectivity index (χ4v) is 3.62. The summed E-state index contributed by atoms with van der Waals surface area (Å²) in [5.41, 5.74) is 3.75. The summed E-state index contributed by atoms with van der Waals surface area (Å²) >= 11 is 1.81. The first-order valence-corrected chi connectivity index (χ1v) is 7.83. The van der Waals surface area contributed by atoms with Gasteiger partial charge in [-0.25, -0.2) is 4.79 Å². The Balaban J connectivity index is 2.07. The van der Waals surface area contributed by atoms with E-state index in [2.05, 4.69) is 37.1 Å². The molecule has 0 saturated heterocycles. The van der Waals surface area contributed by atoms with Gasteiger partial charge < -0.3 is 9.73 Å². The molecule has 1 atom stereocenters. The lowest BCUT2D eigenvalue weighted by atomic mass is 10.0. The molecule has 0 saturated carbocycles. The number of nitrogens with one attached hydrogen (secondary N) is 2. The van der Waals surface area contributed by atoms with Crippen LogP contribution in [0.4, 0.5) is 0 Å². The fraction of sp³-hybridized carbons (Fsp3) is 0.312. The molecule has 2 aromatic heterocycles. The van der Waals surface area contributed by atoms with Crippen molar-refractivity contribution < 1.29 is 4.42 Å². The monoisotopic (exact) mass is 302 g/mol. The van der Waals surface area contributed by atoms with Gasteiger partial charge >= 0.3 is 5.76 Å². The molecule has 2 heterocycles. The van der Waals surface area contributed by atoms with Gasteiger partial charge in [0.25, 0.3) is 0 Å². The lowest BCUT2D eigenvalue weighted by molar-refractivity contribution is 0.554. The van der Waals surface area contributed by atoms with Gasteiger partial charge in [-0.15, -0.1) is 11.3 Å². The number of benzene rings is 1. The van der Waals surface area contributed by atoms with E-state index in [1.165, 1.54) is 15.3 Å². The van der Waals surface area contributed by atoms with Crippen molar-refractivity contribution >= 4 is 22.4 Å². The molecule has 4 nitrogen and oxygen atoms in total. The second-order valence-corrected chi connectivity index (χ2v) is 6.44. The van der Waals surface area contributed by atoms with Gasteiger partial charge in [0.1, 0.15) is 0 Å². The number of rotatable bonds is 4. The van der Waals surface area contributed by atoms with Crippen LogP contribution in [0.5, 0.6) is 0 Å². The number of H-pyrrole nitrogens is 1. The molecule has 0 radical (unpaired) electrons. The molecule has 0 amide bonds. The van der Waals surface area contributed by atoms with E-state index in [1.54, 1.807) is 11.3 Å². The Morgan fingerprint density at radius 2 is 2.14 bits per heavy atom. The zero-order valence-corrected chi connectivity index (χ0v) is 13.1. The van der Waals surface area contributed by atoms with Crippen molar-refractivity contribution in [3.8, 4) is 0 Å². The highest BCUT2D eigenvalue weighted by Gasteiger charge is 2.17. The average molecular weight is 302 g/mol. The summed E-state index contributed by atoms with van der Waals surface area (Å²) in [5, 5.41) is 3.51. The fourth-order valence-electron chi connectivity index (χ4n) is 2.47. The Morgan fingerprint density at radius 3 is 2.81 bits per heavy atom. The molecule has 1 unspecified atom stereocenters. The van der Waals surface area contributed by atoms with Gasteiger partial charge in [-0.1, -0.05) is 13.0 Å². The molecule has 3 rings (SSSR count). The molecular weight excluding hydrogens is 284 g/mol. The van der Waals surface area contributed by atoms with Crippen LogP contribution in [-0.2, 0) is 0 Å². The quantitative estimate of drug-likeness (QED) is 0.775. The topological polar surface area (TPSA) is 58.0 Å². The maximum atomic E-state index is 11.3. The highest BCUT2D eigenvalue weighted by atomic mass is 32.1. The third kappa shape index (κ3) is 2.66. The molecule has 3 aromatic rings. The molecule has 2 N–H and O–H groups in total. The molecule has 0 fully saturated rings. The Kier molecular flexibility index (Phi) is 3.69. The van der Waals surface area contributed by atoms with Gasteiger partial charge in [0.2, 0.25) is 0 Å². The predicted molar refractivity (Wildman–Crippen MR) is 86.1 cm³/mol. The van der Waals surface area contributed by atoms with Gasteiger partial charge in [0.15, 0.2) is 5.58 Å². The number of aryl methyl sites for hydroxylation is 2. The Morgan fingerprint density at radius 1 is 1.33 bits per heavy atom. The van der Waals surface area contributed by atoms with Crippen molar-refractivity contribution in [1.82, 2.24) is 10.3 Å². The summed E-state index contributed by atoms with van der Waals surface area (Å²) in [6, 6.07) is 8.21.